The van der Waals surface area contributed by atoms with Crippen molar-refractivity contribution in [1.29, 1.82) is 5.26 Å². The monoisotopic (exact) mass is 206 g/mol. The van der Waals surface area contributed by atoms with Crippen LogP contribution in [0.3, 0.4) is 0 Å². The SMILES string of the molecule is CC(C)(C#N)N1C(=O)C2CCC(C2)C1=O. The first-order valence-corrected chi connectivity index (χ1v) is 5.26. The van der Waals surface area contributed by atoms with Gasteiger partial charge < -0.3 is 0 Å². The smallest absolute Gasteiger partial charge is 0.233 e. The molecule has 0 radical (unpaired) electrons. The summed E-state index contributed by atoms with van der Waals surface area (Å²) < 4.78 is 0. The van der Waals surface area contributed by atoms with Crippen LogP contribution in [0.1, 0.15) is 33.1 Å². The lowest BCUT2D eigenvalue weighted by molar-refractivity contribution is -0.157. The highest BCUT2D eigenvalue weighted by atomic mass is 16.2. The number of nitriles is 1. The van der Waals surface area contributed by atoms with Crippen LogP contribution in [-0.4, -0.2) is 22.3 Å². The van der Waals surface area contributed by atoms with Gasteiger partial charge in [0.25, 0.3) is 0 Å². The quantitative estimate of drug-likeness (QED) is 0.603. The maximum absolute atomic E-state index is 12.0. The summed E-state index contributed by atoms with van der Waals surface area (Å²) in [4.78, 5) is 25.1. The molecular weight excluding hydrogens is 192 g/mol. The summed E-state index contributed by atoms with van der Waals surface area (Å²) >= 11 is 0. The first-order chi connectivity index (χ1) is 6.97. The van der Waals surface area contributed by atoms with Gasteiger partial charge in [0.2, 0.25) is 11.8 Å². The minimum Gasteiger partial charge on any atom is -0.274 e. The molecule has 2 bridgehead atoms. The lowest BCUT2D eigenvalue weighted by Crippen LogP contribution is -2.56. The molecule has 0 aromatic rings. The normalized spacial score (nSPS) is 30.6. The summed E-state index contributed by atoms with van der Waals surface area (Å²) in [5.41, 5.74) is -1.00. The number of likely N-dealkylation sites (tertiary alicyclic amines) is 1. The maximum atomic E-state index is 12.0. The average molecular weight is 206 g/mol. The largest absolute Gasteiger partial charge is 0.274 e. The summed E-state index contributed by atoms with van der Waals surface area (Å²) in [6, 6.07) is 2.03. The van der Waals surface area contributed by atoms with E-state index in [9.17, 15) is 9.59 Å². The Morgan fingerprint density at radius 3 is 2.13 bits per heavy atom. The van der Waals surface area contributed by atoms with Crippen LogP contribution in [0.4, 0.5) is 0 Å². The average Bonchev–Trinajstić information content (AvgIpc) is 2.61. The molecular formula is C11H14N2O2. The molecule has 4 nitrogen and oxygen atoms in total. The molecule has 1 heterocycles. The molecule has 1 aliphatic heterocycles. The fourth-order valence-corrected chi connectivity index (χ4v) is 2.50. The van der Waals surface area contributed by atoms with E-state index >= 15 is 0 Å². The van der Waals surface area contributed by atoms with Crippen LogP contribution in [0.2, 0.25) is 0 Å². The first kappa shape index (κ1) is 10.2. The van der Waals surface area contributed by atoms with Crippen molar-refractivity contribution >= 4 is 11.8 Å². The second-order valence-electron chi connectivity index (χ2n) is 4.89. The zero-order valence-electron chi connectivity index (χ0n) is 8.99. The van der Waals surface area contributed by atoms with Crippen LogP contribution >= 0.6 is 0 Å². The molecule has 80 valence electrons. The van der Waals surface area contributed by atoms with Gasteiger partial charge in [-0.2, -0.15) is 5.26 Å². The number of hydrogen-bond acceptors (Lipinski definition) is 3. The highest BCUT2D eigenvalue weighted by Crippen LogP contribution is 2.40. The topological polar surface area (TPSA) is 61.2 Å². The number of rotatable bonds is 1. The number of piperidine rings is 1. The van der Waals surface area contributed by atoms with Crippen LogP contribution in [0, 0.1) is 23.2 Å². The van der Waals surface area contributed by atoms with E-state index in [0.29, 0.717) is 6.42 Å². The summed E-state index contributed by atoms with van der Waals surface area (Å²) in [7, 11) is 0. The van der Waals surface area contributed by atoms with E-state index in [2.05, 4.69) is 0 Å². The van der Waals surface area contributed by atoms with Crippen molar-refractivity contribution in [3.63, 3.8) is 0 Å². The van der Waals surface area contributed by atoms with Gasteiger partial charge in [-0.1, -0.05) is 0 Å². The molecule has 2 rings (SSSR count). The first-order valence-electron chi connectivity index (χ1n) is 5.26. The molecule has 1 saturated heterocycles. The Bertz CT molecular complexity index is 345. The standard InChI is InChI=1S/C11H14N2O2/c1-11(2,6-12)13-9(14)7-3-4-8(5-7)10(13)15/h7-8H,3-5H2,1-2H3. The van der Waals surface area contributed by atoms with Gasteiger partial charge in [-0.25, -0.2) is 0 Å². The Hall–Kier alpha value is -1.37. The summed E-state index contributed by atoms with van der Waals surface area (Å²) in [5, 5.41) is 8.98. The number of carbonyl (C=O) groups excluding carboxylic acids is 2. The van der Waals surface area contributed by atoms with Gasteiger partial charge in [0.05, 0.1) is 6.07 Å². The third-order valence-electron chi connectivity index (χ3n) is 3.40. The van der Waals surface area contributed by atoms with Crippen LogP contribution in [0.5, 0.6) is 0 Å². The Kier molecular flexibility index (Phi) is 2.07. The minimum atomic E-state index is -1.00. The second-order valence-corrected chi connectivity index (χ2v) is 4.89. The molecule has 2 unspecified atom stereocenters. The summed E-state index contributed by atoms with van der Waals surface area (Å²) in [6.07, 6.45) is 2.29. The fourth-order valence-electron chi connectivity index (χ4n) is 2.50. The molecule has 2 aliphatic rings. The molecule has 2 fully saturated rings. The van der Waals surface area contributed by atoms with E-state index in [1.165, 1.54) is 4.90 Å². The van der Waals surface area contributed by atoms with Crippen molar-refractivity contribution in [2.24, 2.45) is 11.8 Å². The Balaban J connectivity index is 2.37. The maximum Gasteiger partial charge on any atom is 0.233 e. The molecule has 0 aromatic heterocycles. The van der Waals surface area contributed by atoms with Crippen LogP contribution in [-0.2, 0) is 9.59 Å². The van der Waals surface area contributed by atoms with Crippen LogP contribution < -0.4 is 0 Å². The number of fused-ring (bicyclic) bond motifs is 2. The van der Waals surface area contributed by atoms with Crippen molar-refractivity contribution in [2.75, 3.05) is 0 Å². The van der Waals surface area contributed by atoms with Crippen LogP contribution in [0.25, 0.3) is 0 Å². The van der Waals surface area contributed by atoms with Crippen LogP contribution in [0.15, 0.2) is 0 Å². The van der Waals surface area contributed by atoms with Gasteiger partial charge in [0.15, 0.2) is 0 Å². The molecule has 0 aromatic carbocycles. The lowest BCUT2D eigenvalue weighted by Gasteiger charge is -2.37. The van der Waals surface area contributed by atoms with Gasteiger partial charge >= 0.3 is 0 Å². The fraction of sp³-hybridized carbons (Fsp3) is 0.727. The van der Waals surface area contributed by atoms with Crippen molar-refractivity contribution in [3.05, 3.63) is 0 Å². The summed E-state index contributed by atoms with van der Waals surface area (Å²) in [5.74, 6) is -0.360. The predicted molar refractivity (Wildman–Crippen MR) is 52.4 cm³/mol. The number of imide groups is 1. The van der Waals surface area contributed by atoms with E-state index in [1.807, 2.05) is 6.07 Å². The van der Waals surface area contributed by atoms with Crippen molar-refractivity contribution in [1.82, 2.24) is 4.90 Å². The number of carbonyl (C=O) groups is 2. The predicted octanol–water partition coefficient (Wildman–Crippen LogP) is 1.07. The molecule has 2 atom stereocenters. The molecule has 0 spiro atoms. The van der Waals surface area contributed by atoms with Crippen molar-refractivity contribution < 1.29 is 9.59 Å². The van der Waals surface area contributed by atoms with E-state index in [-0.39, 0.29) is 23.7 Å². The molecule has 15 heavy (non-hydrogen) atoms. The second kappa shape index (κ2) is 3.06. The lowest BCUT2D eigenvalue weighted by atomic mass is 9.92. The van der Waals surface area contributed by atoms with Crippen molar-refractivity contribution in [3.8, 4) is 6.07 Å². The summed E-state index contributed by atoms with van der Waals surface area (Å²) in [6.45, 7) is 3.24. The zero-order valence-corrected chi connectivity index (χ0v) is 8.99. The molecule has 2 amide bonds. The van der Waals surface area contributed by atoms with Crippen molar-refractivity contribution in [2.45, 2.75) is 38.6 Å². The zero-order chi connectivity index (χ0) is 11.2. The number of hydrogen-bond donors (Lipinski definition) is 0. The van der Waals surface area contributed by atoms with Gasteiger partial charge in [0, 0.05) is 11.8 Å². The van der Waals surface area contributed by atoms with Gasteiger partial charge in [0.1, 0.15) is 5.54 Å². The third-order valence-corrected chi connectivity index (χ3v) is 3.40. The van der Waals surface area contributed by atoms with E-state index in [0.717, 1.165) is 12.8 Å². The molecule has 4 heteroatoms. The van der Waals surface area contributed by atoms with E-state index < -0.39 is 5.54 Å². The minimum absolute atomic E-state index is 0.0275. The highest BCUT2D eigenvalue weighted by Gasteiger charge is 2.50. The molecule has 1 saturated carbocycles. The molecule has 1 aliphatic carbocycles. The van der Waals surface area contributed by atoms with E-state index in [1.54, 1.807) is 13.8 Å². The molecule has 0 N–H and O–H groups in total. The highest BCUT2D eigenvalue weighted by molar-refractivity contribution is 6.02. The van der Waals surface area contributed by atoms with Gasteiger partial charge in [-0.05, 0) is 33.1 Å². The Morgan fingerprint density at radius 2 is 1.73 bits per heavy atom. The Morgan fingerprint density at radius 1 is 1.27 bits per heavy atom. The van der Waals surface area contributed by atoms with Gasteiger partial charge in [-0.15, -0.1) is 0 Å². The third kappa shape index (κ3) is 1.34. The number of nitrogens with zero attached hydrogens (tertiary/aromatic N) is 2. The van der Waals surface area contributed by atoms with E-state index in [4.69, 9.17) is 5.26 Å². The number of amides is 2. The Labute approximate surface area is 88.9 Å². The van der Waals surface area contributed by atoms with Gasteiger partial charge in [-0.3, -0.25) is 14.5 Å².